The van der Waals surface area contributed by atoms with E-state index in [0.717, 1.165) is 0 Å². The van der Waals surface area contributed by atoms with Crippen LogP contribution in [-0.2, 0) is 10.0 Å². The molecule has 0 aliphatic carbocycles. The summed E-state index contributed by atoms with van der Waals surface area (Å²) in [5.41, 5.74) is 0.494. The van der Waals surface area contributed by atoms with Crippen molar-refractivity contribution in [3.05, 3.63) is 51.0 Å². The van der Waals surface area contributed by atoms with E-state index in [2.05, 4.69) is 42.9 Å². The second-order valence-corrected chi connectivity index (χ2v) is 9.13. The van der Waals surface area contributed by atoms with E-state index >= 15 is 0 Å². The second kappa shape index (κ2) is 7.41. The van der Waals surface area contributed by atoms with Crippen molar-refractivity contribution in [3.63, 3.8) is 0 Å². The highest BCUT2D eigenvalue weighted by Gasteiger charge is 2.31. The average molecular weight is 486 g/mol. The molecule has 1 fully saturated rings. The Bertz CT molecular complexity index is 935. The van der Waals surface area contributed by atoms with Gasteiger partial charge in [-0.2, -0.15) is 9.57 Å². The number of pyridine rings is 1. The van der Waals surface area contributed by atoms with Gasteiger partial charge in [-0.15, -0.1) is 0 Å². The topological polar surface area (TPSA) is 77.3 Å². The first-order valence-electron chi connectivity index (χ1n) is 7.49. The minimum Gasteiger partial charge on any atom is -0.353 e. The van der Waals surface area contributed by atoms with Crippen LogP contribution in [0.5, 0.6) is 0 Å². The molecule has 9 heteroatoms. The lowest BCUT2D eigenvalue weighted by molar-refractivity contribution is 0.383. The minimum atomic E-state index is -3.59. The molecule has 130 valence electrons. The molecule has 2 heterocycles. The summed E-state index contributed by atoms with van der Waals surface area (Å²) in [6.07, 6.45) is 1.64. The molecule has 0 unspecified atom stereocenters. The third kappa shape index (κ3) is 3.72. The molecule has 0 spiro atoms. The molecule has 0 saturated carbocycles. The number of aromatic nitrogens is 1. The molecule has 1 saturated heterocycles. The summed E-state index contributed by atoms with van der Waals surface area (Å²) in [7, 11) is -3.59. The van der Waals surface area contributed by atoms with Gasteiger partial charge in [0, 0.05) is 41.3 Å². The summed E-state index contributed by atoms with van der Waals surface area (Å²) < 4.78 is 28.5. The SMILES string of the molecule is N#Cc1cccnc1N1CCN(S(=O)(=O)c2cc(Br)ccc2Br)CC1. The monoisotopic (exact) mass is 484 g/mol. The lowest BCUT2D eigenvalue weighted by atomic mass is 10.2. The summed E-state index contributed by atoms with van der Waals surface area (Å²) in [6.45, 7) is 1.64. The van der Waals surface area contributed by atoms with Crippen LogP contribution in [0.25, 0.3) is 0 Å². The minimum absolute atomic E-state index is 0.242. The Labute approximate surface area is 163 Å². The van der Waals surface area contributed by atoms with Gasteiger partial charge in [0.2, 0.25) is 10.0 Å². The molecule has 0 radical (unpaired) electrons. The van der Waals surface area contributed by atoms with Crippen molar-refractivity contribution in [2.24, 2.45) is 0 Å². The summed E-state index contributed by atoms with van der Waals surface area (Å²) in [6, 6.07) is 10.6. The largest absolute Gasteiger partial charge is 0.353 e. The van der Waals surface area contributed by atoms with Crippen LogP contribution in [0, 0.1) is 11.3 Å². The molecule has 6 nitrogen and oxygen atoms in total. The van der Waals surface area contributed by atoms with Crippen LogP contribution < -0.4 is 4.90 Å². The number of halogens is 2. The standard InChI is InChI=1S/C16H14Br2N4O2S/c17-13-3-4-14(18)15(10-13)25(23,24)22-8-6-21(7-9-22)16-12(11-19)2-1-5-20-16/h1-5,10H,6-9H2. The molecule has 0 bridgehead atoms. The van der Waals surface area contributed by atoms with Crippen LogP contribution >= 0.6 is 31.9 Å². The summed E-state index contributed by atoms with van der Waals surface area (Å²) >= 11 is 6.64. The zero-order valence-electron chi connectivity index (χ0n) is 13.1. The van der Waals surface area contributed by atoms with E-state index in [1.807, 2.05) is 4.90 Å². The molecule has 2 aromatic rings. The van der Waals surface area contributed by atoms with Gasteiger partial charge in [0.15, 0.2) is 0 Å². The molecular weight excluding hydrogens is 472 g/mol. The fourth-order valence-electron chi connectivity index (χ4n) is 2.69. The van der Waals surface area contributed by atoms with Crippen molar-refractivity contribution in [2.75, 3.05) is 31.1 Å². The Balaban J connectivity index is 1.80. The number of anilines is 1. The van der Waals surface area contributed by atoms with Crippen LogP contribution in [-0.4, -0.2) is 43.9 Å². The number of nitrogens with zero attached hydrogens (tertiary/aromatic N) is 4. The number of sulfonamides is 1. The van der Waals surface area contributed by atoms with Crippen molar-refractivity contribution in [1.82, 2.24) is 9.29 Å². The van der Waals surface area contributed by atoms with Crippen molar-refractivity contribution in [3.8, 4) is 6.07 Å². The van der Waals surface area contributed by atoms with Crippen LogP contribution in [0.2, 0.25) is 0 Å². The van der Waals surface area contributed by atoms with Gasteiger partial charge in [-0.1, -0.05) is 15.9 Å². The summed E-state index contributed by atoms with van der Waals surface area (Å²) in [5.74, 6) is 0.602. The predicted octanol–water partition coefficient (Wildman–Crippen LogP) is 2.99. The number of benzene rings is 1. The number of hydrogen-bond donors (Lipinski definition) is 0. The van der Waals surface area contributed by atoms with Crippen molar-refractivity contribution >= 4 is 47.7 Å². The van der Waals surface area contributed by atoms with Crippen LogP contribution in [0.15, 0.2) is 50.4 Å². The lowest BCUT2D eigenvalue weighted by Gasteiger charge is -2.35. The van der Waals surface area contributed by atoms with E-state index in [9.17, 15) is 13.7 Å². The first kappa shape index (κ1) is 18.3. The Kier molecular flexibility index (Phi) is 5.43. The second-order valence-electron chi connectivity index (χ2n) is 5.45. The molecule has 0 atom stereocenters. The zero-order valence-corrected chi connectivity index (χ0v) is 17.1. The van der Waals surface area contributed by atoms with Gasteiger partial charge in [0.1, 0.15) is 11.9 Å². The molecule has 1 aliphatic rings. The van der Waals surface area contributed by atoms with Crippen molar-refractivity contribution in [1.29, 1.82) is 5.26 Å². The highest BCUT2D eigenvalue weighted by Crippen LogP contribution is 2.29. The fourth-order valence-corrected chi connectivity index (χ4v) is 5.58. The maximum atomic E-state index is 12.9. The molecule has 1 aromatic carbocycles. The maximum Gasteiger partial charge on any atom is 0.244 e. The maximum absolute atomic E-state index is 12.9. The Morgan fingerprint density at radius 2 is 1.84 bits per heavy atom. The van der Waals surface area contributed by atoms with E-state index in [1.54, 1.807) is 36.5 Å². The fraction of sp³-hybridized carbons (Fsp3) is 0.250. The Morgan fingerprint density at radius 1 is 1.12 bits per heavy atom. The number of nitriles is 1. The predicted molar refractivity (Wildman–Crippen MR) is 102 cm³/mol. The molecule has 25 heavy (non-hydrogen) atoms. The molecule has 1 aliphatic heterocycles. The first-order valence-corrected chi connectivity index (χ1v) is 10.5. The molecule has 0 N–H and O–H groups in total. The molecule has 1 aromatic heterocycles. The first-order chi connectivity index (χ1) is 11.9. The number of rotatable bonds is 3. The number of hydrogen-bond acceptors (Lipinski definition) is 5. The summed E-state index contributed by atoms with van der Waals surface area (Å²) in [4.78, 5) is 6.45. The van der Waals surface area contributed by atoms with Gasteiger partial charge < -0.3 is 4.90 Å². The van der Waals surface area contributed by atoms with Gasteiger partial charge in [0.05, 0.1) is 10.5 Å². The highest BCUT2D eigenvalue weighted by molar-refractivity contribution is 9.11. The molecular formula is C16H14Br2N4O2S. The summed E-state index contributed by atoms with van der Waals surface area (Å²) in [5, 5.41) is 9.20. The molecule has 0 amide bonds. The van der Waals surface area contributed by atoms with Crippen molar-refractivity contribution < 1.29 is 8.42 Å². The third-order valence-electron chi connectivity index (χ3n) is 3.96. The zero-order chi connectivity index (χ0) is 18.0. The number of piperazine rings is 1. The Hall–Kier alpha value is -1.47. The third-order valence-corrected chi connectivity index (χ3v) is 7.34. The van der Waals surface area contributed by atoms with E-state index in [0.29, 0.717) is 46.5 Å². The van der Waals surface area contributed by atoms with E-state index in [4.69, 9.17) is 0 Å². The quantitative estimate of drug-likeness (QED) is 0.667. The van der Waals surface area contributed by atoms with Gasteiger partial charge >= 0.3 is 0 Å². The van der Waals surface area contributed by atoms with Crippen LogP contribution in [0.4, 0.5) is 5.82 Å². The van der Waals surface area contributed by atoms with E-state index in [-0.39, 0.29) is 4.90 Å². The van der Waals surface area contributed by atoms with Gasteiger partial charge in [-0.25, -0.2) is 13.4 Å². The lowest BCUT2D eigenvalue weighted by Crippen LogP contribution is -2.49. The Morgan fingerprint density at radius 3 is 2.52 bits per heavy atom. The van der Waals surface area contributed by atoms with Crippen LogP contribution in [0.1, 0.15) is 5.56 Å². The van der Waals surface area contributed by atoms with Gasteiger partial charge in [-0.3, -0.25) is 0 Å². The average Bonchev–Trinajstić information content (AvgIpc) is 2.63. The van der Waals surface area contributed by atoms with Gasteiger partial charge in [-0.05, 0) is 46.3 Å². The smallest absolute Gasteiger partial charge is 0.244 e. The molecule has 3 rings (SSSR count). The normalized spacial score (nSPS) is 15.8. The van der Waals surface area contributed by atoms with Gasteiger partial charge in [0.25, 0.3) is 0 Å². The highest BCUT2D eigenvalue weighted by atomic mass is 79.9. The van der Waals surface area contributed by atoms with E-state index in [1.165, 1.54) is 4.31 Å². The van der Waals surface area contributed by atoms with E-state index < -0.39 is 10.0 Å². The van der Waals surface area contributed by atoms with Crippen molar-refractivity contribution in [2.45, 2.75) is 4.90 Å². The van der Waals surface area contributed by atoms with Crippen LogP contribution in [0.3, 0.4) is 0 Å².